The van der Waals surface area contributed by atoms with Crippen molar-refractivity contribution in [1.82, 2.24) is 4.98 Å². The zero-order valence-corrected chi connectivity index (χ0v) is 21.4. The number of aryl methyl sites for hydroxylation is 2. The Hall–Kier alpha value is -2.96. The molecule has 1 aromatic heterocycles. The van der Waals surface area contributed by atoms with Crippen LogP contribution in [0.5, 0.6) is 0 Å². The fourth-order valence-electron chi connectivity index (χ4n) is 3.22. The molecule has 34 heavy (non-hydrogen) atoms. The van der Waals surface area contributed by atoms with Gasteiger partial charge in [0.1, 0.15) is 0 Å². The van der Waals surface area contributed by atoms with Crippen molar-refractivity contribution in [3.63, 3.8) is 0 Å². The van der Waals surface area contributed by atoms with Crippen LogP contribution < -0.4 is 14.3 Å². The van der Waals surface area contributed by atoms with Gasteiger partial charge in [0, 0.05) is 30.2 Å². The molecule has 0 radical (unpaired) electrons. The summed E-state index contributed by atoms with van der Waals surface area (Å²) in [5.41, 5.74) is 2.82. The van der Waals surface area contributed by atoms with Gasteiger partial charge >= 0.3 is 0 Å². The quantitative estimate of drug-likeness (QED) is 0.418. The number of amides is 1. The average molecular weight is 523 g/mol. The molecule has 9 nitrogen and oxygen atoms in total. The predicted octanol–water partition coefficient (Wildman–Crippen LogP) is 3.75. The number of rotatable bonds is 10. The number of hydrogen-bond donors (Lipinski definition) is 2. The number of hydrogen-bond acceptors (Lipinski definition) is 7. The van der Waals surface area contributed by atoms with Crippen molar-refractivity contribution in [2.45, 2.75) is 31.6 Å². The lowest BCUT2D eigenvalue weighted by Crippen LogP contribution is -2.32. The molecule has 3 rings (SSSR count). The van der Waals surface area contributed by atoms with Crippen LogP contribution in [0.2, 0.25) is 0 Å². The molecule has 0 saturated heterocycles. The van der Waals surface area contributed by atoms with Crippen molar-refractivity contribution in [3.8, 4) is 0 Å². The lowest BCUT2D eigenvalue weighted by Gasteiger charge is -2.24. The topological polar surface area (TPSA) is 126 Å². The molecule has 12 heteroatoms. The molecule has 182 valence electrons. The predicted molar refractivity (Wildman–Crippen MR) is 135 cm³/mol. The highest BCUT2D eigenvalue weighted by molar-refractivity contribution is 7.93. The summed E-state index contributed by atoms with van der Waals surface area (Å²) >= 11 is 1.17. The molecule has 0 unspecified atom stereocenters. The third-order valence-corrected chi connectivity index (χ3v) is 8.25. The minimum absolute atomic E-state index is 0.0398. The summed E-state index contributed by atoms with van der Waals surface area (Å²) in [5.74, 6) is -0.300. The first-order valence-electron chi connectivity index (χ1n) is 10.3. The Morgan fingerprint density at radius 2 is 1.76 bits per heavy atom. The number of nitrogens with one attached hydrogen (secondary N) is 2. The van der Waals surface area contributed by atoms with Gasteiger partial charge in [-0.25, -0.2) is 21.8 Å². The highest BCUT2D eigenvalue weighted by Gasteiger charge is 2.20. The number of benzene rings is 2. The van der Waals surface area contributed by atoms with Crippen molar-refractivity contribution < 1.29 is 21.6 Å². The summed E-state index contributed by atoms with van der Waals surface area (Å²) in [5, 5.41) is 4.63. The maximum Gasteiger partial charge on any atom is 0.263 e. The molecule has 0 atom stereocenters. The number of anilines is 3. The van der Waals surface area contributed by atoms with Crippen LogP contribution in [0.4, 0.5) is 16.5 Å². The van der Waals surface area contributed by atoms with E-state index in [9.17, 15) is 21.6 Å². The van der Waals surface area contributed by atoms with Crippen LogP contribution in [0, 0.1) is 13.8 Å². The SMILES string of the molecule is Cc1ccc(C)c(N(CCCC(=O)Nc2ccc(S(=O)(=O)Nc3nccs3)cc2)S(C)(=O)=O)c1. The Labute approximate surface area is 204 Å². The number of aromatic nitrogens is 1. The summed E-state index contributed by atoms with van der Waals surface area (Å²) in [6.45, 7) is 3.90. The maximum atomic E-state index is 12.4. The minimum Gasteiger partial charge on any atom is -0.326 e. The zero-order valence-electron chi connectivity index (χ0n) is 19.0. The van der Waals surface area contributed by atoms with Crippen molar-refractivity contribution in [2.24, 2.45) is 0 Å². The standard InChI is InChI=1S/C22H26N4O5S3/c1-16-6-7-17(2)20(15-16)26(33(3,28)29)13-4-5-21(27)24-18-8-10-19(11-9-18)34(30,31)25-22-23-12-14-32-22/h6-12,14-15H,4-5,13H2,1-3H3,(H,23,25)(H,24,27). The number of thiazole rings is 1. The number of nitrogens with zero attached hydrogens (tertiary/aromatic N) is 2. The molecule has 0 aliphatic rings. The van der Waals surface area contributed by atoms with Crippen LogP contribution in [-0.2, 0) is 24.8 Å². The summed E-state index contributed by atoms with van der Waals surface area (Å²) < 4.78 is 53.2. The lowest BCUT2D eigenvalue weighted by atomic mass is 10.1. The van der Waals surface area contributed by atoms with Gasteiger partial charge < -0.3 is 5.32 Å². The molecule has 3 aromatic rings. The maximum absolute atomic E-state index is 12.4. The van der Waals surface area contributed by atoms with Gasteiger partial charge in [0.25, 0.3) is 10.0 Å². The molecular formula is C22H26N4O5S3. The van der Waals surface area contributed by atoms with E-state index in [2.05, 4.69) is 15.0 Å². The molecule has 2 aromatic carbocycles. The van der Waals surface area contributed by atoms with E-state index in [0.29, 0.717) is 17.8 Å². The molecule has 1 amide bonds. The Bertz CT molecular complexity index is 1350. The van der Waals surface area contributed by atoms with Gasteiger partial charge in [-0.2, -0.15) is 0 Å². The first kappa shape index (κ1) is 25.7. The molecule has 0 bridgehead atoms. The summed E-state index contributed by atoms with van der Waals surface area (Å²) in [7, 11) is -7.29. The normalized spacial score (nSPS) is 11.7. The second kappa shape index (κ2) is 10.5. The van der Waals surface area contributed by atoms with E-state index in [4.69, 9.17) is 0 Å². The monoisotopic (exact) mass is 522 g/mol. The highest BCUT2D eigenvalue weighted by atomic mass is 32.2. The van der Waals surface area contributed by atoms with Crippen molar-refractivity contribution in [1.29, 1.82) is 0 Å². The highest BCUT2D eigenvalue weighted by Crippen LogP contribution is 2.25. The number of sulfonamides is 2. The third kappa shape index (κ3) is 6.78. The molecule has 0 aliphatic heterocycles. The fraction of sp³-hybridized carbons (Fsp3) is 0.273. The Morgan fingerprint density at radius 1 is 1.06 bits per heavy atom. The van der Waals surface area contributed by atoms with Crippen LogP contribution in [0.15, 0.2) is 58.9 Å². The largest absolute Gasteiger partial charge is 0.326 e. The Morgan fingerprint density at radius 3 is 2.38 bits per heavy atom. The Kier molecular flexibility index (Phi) is 7.95. The molecule has 0 aliphatic carbocycles. The molecule has 0 spiro atoms. The van der Waals surface area contributed by atoms with E-state index >= 15 is 0 Å². The first-order valence-corrected chi connectivity index (χ1v) is 14.5. The van der Waals surface area contributed by atoms with Gasteiger partial charge in [-0.05, 0) is 61.7 Å². The van der Waals surface area contributed by atoms with Crippen LogP contribution in [0.3, 0.4) is 0 Å². The second-order valence-electron chi connectivity index (χ2n) is 7.74. The smallest absolute Gasteiger partial charge is 0.263 e. The molecule has 0 saturated carbocycles. The van der Waals surface area contributed by atoms with E-state index in [1.165, 1.54) is 46.1 Å². The van der Waals surface area contributed by atoms with Gasteiger partial charge in [0.05, 0.1) is 16.8 Å². The minimum atomic E-state index is -3.78. The van der Waals surface area contributed by atoms with Crippen molar-refractivity contribution >= 4 is 53.8 Å². The lowest BCUT2D eigenvalue weighted by molar-refractivity contribution is -0.116. The van der Waals surface area contributed by atoms with Crippen LogP contribution in [0.25, 0.3) is 0 Å². The van der Waals surface area contributed by atoms with Gasteiger partial charge in [-0.1, -0.05) is 12.1 Å². The third-order valence-electron chi connectivity index (χ3n) is 4.90. The fourth-order valence-corrected chi connectivity index (χ4v) is 6.03. The Balaban J connectivity index is 1.58. The molecule has 2 N–H and O–H groups in total. The van der Waals surface area contributed by atoms with E-state index < -0.39 is 20.0 Å². The summed E-state index contributed by atoms with van der Waals surface area (Å²) in [4.78, 5) is 16.3. The van der Waals surface area contributed by atoms with Crippen molar-refractivity contribution in [2.75, 3.05) is 27.1 Å². The van der Waals surface area contributed by atoms with Crippen LogP contribution in [0.1, 0.15) is 24.0 Å². The van der Waals surface area contributed by atoms with Gasteiger partial charge in [0.2, 0.25) is 15.9 Å². The van der Waals surface area contributed by atoms with E-state index in [0.717, 1.165) is 17.4 Å². The summed E-state index contributed by atoms with van der Waals surface area (Å²) in [6.07, 6.45) is 3.06. The van der Waals surface area contributed by atoms with E-state index in [1.54, 1.807) is 5.38 Å². The average Bonchev–Trinajstić information content (AvgIpc) is 3.25. The summed E-state index contributed by atoms with van der Waals surface area (Å²) in [6, 6.07) is 11.4. The van der Waals surface area contributed by atoms with Crippen LogP contribution in [-0.4, -0.2) is 40.5 Å². The molecule has 1 heterocycles. The van der Waals surface area contributed by atoms with E-state index in [1.807, 2.05) is 32.0 Å². The van der Waals surface area contributed by atoms with Gasteiger partial charge in [0.15, 0.2) is 5.13 Å². The van der Waals surface area contributed by atoms with Crippen LogP contribution >= 0.6 is 11.3 Å². The van der Waals surface area contributed by atoms with Gasteiger partial charge in [-0.15, -0.1) is 11.3 Å². The van der Waals surface area contributed by atoms with Crippen molar-refractivity contribution in [3.05, 3.63) is 65.2 Å². The van der Waals surface area contributed by atoms with E-state index in [-0.39, 0.29) is 28.9 Å². The first-order chi connectivity index (χ1) is 16.0. The number of carbonyl (C=O) groups excluding carboxylic acids is 1. The molecular weight excluding hydrogens is 496 g/mol. The van der Waals surface area contributed by atoms with Gasteiger partial charge in [-0.3, -0.25) is 13.8 Å². The zero-order chi connectivity index (χ0) is 24.9. The number of carbonyl (C=O) groups is 1. The second-order valence-corrected chi connectivity index (χ2v) is 12.2. The molecule has 0 fully saturated rings.